The molecule has 0 aliphatic carbocycles. The summed E-state index contributed by atoms with van der Waals surface area (Å²) in [5.41, 5.74) is 1.00. The first kappa shape index (κ1) is 12.7. The van der Waals surface area contributed by atoms with Crippen molar-refractivity contribution in [3.05, 3.63) is 48.4 Å². The molecule has 0 aliphatic heterocycles. The molecule has 2 N–H and O–H groups in total. The monoisotopic (exact) mass is 261 g/mol. The van der Waals surface area contributed by atoms with Crippen molar-refractivity contribution in [2.75, 3.05) is 11.9 Å². The van der Waals surface area contributed by atoms with Crippen molar-refractivity contribution in [1.29, 1.82) is 0 Å². The summed E-state index contributed by atoms with van der Waals surface area (Å²) in [6.45, 7) is -0.402. The van der Waals surface area contributed by atoms with E-state index in [1.54, 1.807) is 30.3 Å². The van der Waals surface area contributed by atoms with E-state index in [2.05, 4.69) is 5.32 Å². The van der Waals surface area contributed by atoms with E-state index >= 15 is 0 Å². The molecular formula is C13H11NO5. The summed E-state index contributed by atoms with van der Waals surface area (Å²) in [6.07, 6.45) is 2.76. The topological polar surface area (TPSA) is 88.8 Å². The van der Waals surface area contributed by atoms with Crippen LogP contribution in [0.5, 0.6) is 5.75 Å². The number of carboxylic acid groups (broad SMARTS) is 1. The number of anilines is 1. The molecule has 1 aromatic heterocycles. The van der Waals surface area contributed by atoms with Crippen LogP contribution in [0.25, 0.3) is 0 Å². The highest BCUT2D eigenvalue weighted by Crippen LogP contribution is 2.16. The summed E-state index contributed by atoms with van der Waals surface area (Å²) >= 11 is 0. The molecule has 0 saturated carbocycles. The second-order valence-electron chi connectivity index (χ2n) is 3.67. The molecule has 0 fully saturated rings. The minimum atomic E-state index is -1.04. The first-order valence-corrected chi connectivity index (χ1v) is 5.43. The van der Waals surface area contributed by atoms with Crippen LogP contribution in [0.15, 0.2) is 47.3 Å². The summed E-state index contributed by atoms with van der Waals surface area (Å²) in [6, 6.07) is 7.95. The lowest BCUT2D eigenvalue weighted by atomic mass is 10.2. The Morgan fingerprint density at radius 1 is 1.21 bits per heavy atom. The molecular weight excluding hydrogens is 250 g/mol. The maximum atomic E-state index is 11.7. The van der Waals surface area contributed by atoms with Gasteiger partial charge in [-0.1, -0.05) is 0 Å². The second-order valence-corrected chi connectivity index (χ2v) is 3.67. The Bertz CT molecular complexity index is 559. The van der Waals surface area contributed by atoms with Crippen molar-refractivity contribution >= 4 is 17.6 Å². The molecule has 98 valence electrons. The van der Waals surface area contributed by atoms with E-state index in [1.165, 1.54) is 12.5 Å². The largest absolute Gasteiger partial charge is 0.482 e. The molecule has 0 saturated heterocycles. The number of aliphatic carboxylic acids is 1. The van der Waals surface area contributed by atoms with Gasteiger partial charge in [0.25, 0.3) is 5.91 Å². The third-order valence-electron chi connectivity index (χ3n) is 2.26. The van der Waals surface area contributed by atoms with Gasteiger partial charge in [-0.25, -0.2) is 4.79 Å². The fourth-order valence-corrected chi connectivity index (χ4v) is 1.38. The minimum Gasteiger partial charge on any atom is -0.482 e. The van der Waals surface area contributed by atoms with Crippen molar-refractivity contribution in [2.24, 2.45) is 0 Å². The maximum Gasteiger partial charge on any atom is 0.341 e. The molecule has 0 unspecified atom stereocenters. The number of carboxylic acids is 1. The maximum absolute atomic E-state index is 11.7. The highest BCUT2D eigenvalue weighted by atomic mass is 16.5. The SMILES string of the molecule is O=C(O)COc1ccc(NC(=O)c2ccoc2)cc1. The van der Waals surface area contributed by atoms with E-state index in [4.69, 9.17) is 14.3 Å². The van der Waals surface area contributed by atoms with Crippen LogP contribution in [-0.2, 0) is 4.79 Å². The van der Waals surface area contributed by atoms with Crippen molar-refractivity contribution in [3.63, 3.8) is 0 Å². The smallest absolute Gasteiger partial charge is 0.341 e. The molecule has 6 heteroatoms. The Morgan fingerprint density at radius 3 is 2.53 bits per heavy atom. The van der Waals surface area contributed by atoms with E-state index in [-0.39, 0.29) is 5.91 Å². The van der Waals surface area contributed by atoms with Gasteiger partial charge in [-0.15, -0.1) is 0 Å². The number of rotatable bonds is 5. The average molecular weight is 261 g/mol. The summed E-state index contributed by atoms with van der Waals surface area (Å²) in [7, 11) is 0. The Hall–Kier alpha value is -2.76. The van der Waals surface area contributed by atoms with E-state index < -0.39 is 12.6 Å². The Balaban J connectivity index is 1.95. The summed E-state index contributed by atoms with van der Waals surface area (Å²) in [4.78, 5) is 22.0. The number of benzene rings is 1. The van der Waals surface area contributed by atoms with Crippen LogP contribution in [0.4, 0.5) is 5.69 Å². The number of amides is 1. The molecule has 1 aromatic carbocycles. The fourth-order valence-electron chi connectivity index (χ4n) is 1.38. The number of hydrogen-bond donors (Lipinski definition) is 2. The van der Waals surface area contributed by atoms with Crippen LogP contribution in [0, 0.1) is 0 Å². The van der Waals surface area contributed by atoms with E-state index in [0.717, 1.165) is 0 Å². The van der Waals surface area contributed by atoms with E-state index in [1.807, 2.05) is 0 Å². The molecule has 19 heavy (non-hydrogen) atoms. The van der Waals surface area contributed by atoms with E-state index in [9.17, 15) is 9.59 Å². The highest BCUT2D eigenvalue weighted by Gasteiger charge is 2.07. The van der Waals surface area contributed by atoms with Gasteiger partial charge in [0.15, 0.2) is 6.61 Å². The summed E-state index contributed by atoms with van der Waals surface area (Å²) in [5, 5.41) is 11.1. The van der Waals surface area contributed by atoms with Crippen molar-refractivity contribution < 1.29 is 23.8 Å². The Morgan fingerprint density at radius 2 is 1.95 bits per heavy atom. The minimum absolute atomic E-state index is 0.284. The van der Waals surface area contributed by atoms with Crippen LogP contribution >= 0.6 is 0 Å². The third-order valence-corrected chi connectivity index (χ3v) is 2.26. The van der Waals surface area contributed by atoms with Crippen molar-refractivity contribution in [3.8, 4) is 5.75 Å². The van der Waals surface area contributed by atoms with E-state index in [0.29, 0.717) is 17.0 Å². The molecule has 1 heterocycles. The molecule has 0 radical (unpaired) electrons. The number of nitrogens with one attached hydrogen (secondary N) is 1. The molecule has 2 rings (SSSR count). The van der Waals surface area contributed by atoms with Crippen LogP contribution in [0.1, 0.15) is 10.4 Å². The van der Waals surface area contributed by atoms with Gasteiger partial charge in [0.2, 0.25) is 0 Å². The quantitative estimate of drug-likeness (QED) is 0.859. The van der Waals surface area contributed by atoms with Gasteiger partial charge in [0.1, 0.15) is 12.0 Å². The first-order chi connectivity index (χ1) is 9.15. The lowest BCUT2D eigenvalue weighted by Crippen LogP contribution is -2.11. The van der Waals surface area contributed by atoms with Gasteiger partial charge in [-0.3, -0.25) is 4.79 Å². The summed E-state index contributed by atoms with van der Waals surface area (Å²) < 4.78 is 9.78. The number of furan rings is 1. The standard InChI is InChI=1S/C13H11NO5/c15-12(16)8-19-11-3-1-10(2-4-11)14-13(17)9-5-6-18-7-9/h1-7H,8H2,(H,14,17)(H,15,16). The zero-order valence-electron chi connectivity index (χ0n) is 9.83. The normalized spacial score (nSPS) is 9.89. The lowest BCUT2D eigenvalue weighted by Gasteiger charge is -2.06. The number of hydrogen-bond acceptors (Lipinski definition) is 4. The Labute approximate surface area is 108 Å². The predicted octanol–water partition coefficient (Wildman–Crippen LogP) is 2.00. The molecule has 0 bridgehead atoms. The first-order valence-electron chi connectivity index (χ1n) is 5.43. The van der Waals surface area contributed by atoms with Crippen LogP contribution in [0.3, 0.4) is 0 Å². The second kappa shape index (κ2) is 5.72. The van der Waals surface area contributed by atoms with Gasteiger partial charge in [0, 0.05) is 5.69 Å². The molecule has 2 aromatic rings. The lowest BCUT2D eigenvalue weighted by molar-refractivity contribution is -0.139. The van der Waals surface area contributed by atoms with Crippen LogP contribution in [0.2, 0.25) is 0 Å². The number of ether oxygens (including phenoxy) is 1. The molecule has 0 aliphatic rings. The van der Waals surface area contributed by atoms with Gasteiger partial charge in [-0.2, -0.15) is 0 Å². The van der Waals surface area contributed by atoms with Crippen molar-refractivity contribution in [2.45, 2.75) is 0 Å². The average Bonchev–Trinajstić information content (AvgIpc) is 2.92. The van der Waals surface area contributed by atoms with Crippen LogP contribution in [-0.4, -0.2) is 23.6 Å². The third kappa shape index (κ3) is 3.60. The van der Waals surface area contributed by atoms with Gasteiger partial charge in [-0.05, 0) is 30.3 Å². The molecule has 1 amide bonds. The zero-order chi connectivity index (χ0) is 13.7. The van der Waals surface area contributed by atoms with Crippen molar-refractivity contribution in [1.82, 2.24) is 0 Å². The zero-order valence-corrected chi connectivity index (χ0v) is 9.83. The Kier molecular flexibility index (Phi) is 3.82. The predicted molar refractivity (Wildman–Crippen MR) is 66.2 cm³/mol. The molecule has 6 nitrogen and oxygen atoms in total. The van der Waals surface area contributed by atoms with Gasteiger partial charge in [0.05, 0.1) is 11.8 Å². The van der Waals surface area contributed by atoms with Gasteiger partial charge >= 0.3 is 5.97 Å². The fraction of sp³-hybridized carbons (Fsp3) is 0.0769. The number of carbonyl (C=O) groups is 2. The molecule has 0 spiro atoms. The number of carbonyl (C=O) groups excluding carboxylic acids is 1. The highest BCUT2D eigenvalue weighted by molar-refractivity contribution is 6.03. The summed E-state index contributed by atoms with van der Waals surface area (Å²) in [5.74, 6) is -0.908. The molecule has 0 atom stereocenters. The van der Waals surface area contributed by atoms with Gasteiger partial charge < -0.3 is 19.6 Å². The van der Waals surface area contributed by atoms with Crippen LogP contribution < -0.4 is 10.1 Å².